The molecule has 0 heterocycles. The van der Waals surface area contributed by atoms with Gasteiger partial charge < -0.3 is 30.7 Å². The van der Waals surface area contributed by atoms with Crippen molar-refractivity contribution in [1.82, 2.24) is 15.5 Å². The van der Waals surface area contributed by atoms with E-state index in [4.69, 9.17) is 10.5 Å². The molecule has 0 saturated heterocycles. The number of esters is 1. The zero-order valence-electron chi connectivity index (χ0n) is 26.3. The van der Waals surface area contributed by atoms with Gasteiger partial charge in [-0.15, -0.1) is 0 Å². The fraction of sp³-hybridized carbons (Fsp3) is 0.645. The number of ether oxygens (including phenoxy) is 2. The van der Waals surface area contributed by atoms with Gasteiger partial charge in [0.2, 0.25) is 17.7 Å². The van der Waals surface area contributed by atoms with Crippen molar-refractivity contribution in [2.45, 2.75) is 111 Å². The summed E-state index contributed by atoms with van der Waals surface area (Å²) in [6.07, 6.45) is 4.60. The third kappa shape index (κ3) is 13.4. The first kappa shape index (κ1) is 36.4. The lowest BCUT2D eigenvalue weighted by Gasteiger charge is -2.34. The number of carbonyl (C=O) groups excluding carboxylic acids is 5. The number of hydrogen-bond acceptors (Lipinski definition) is 7. The average Bonchev–Trinajstić information content (AvgIpc) is 2.91. The van der Waals surface area contributed by atoms with E-state index in [1.165, 1.54) is 12.0 Å². The molecule has 1 aromatic rings. The molecule has 1 rings (SSSR count). The summed E-state index contributed by atoms with van der Waals surface area (Å²) < 4.78 is 10.0. The van der Waals surface area contributed by atoms with Crippen LogP contribution in [-0.2, 0) is 28.7 Å². The molecule has 11 heteroatoms. The Morgan fingerprint density at radius 1 is 0.976 bits per heavy atom. The smallest absolute Gasteiger partial charge is 0.408 e. The van der Waals surface area contributed by atoms with E-state index in [1.54, 1.807) is 26.8 Å². The maximum absolute atomic E-state index is 14.2. The molecule has 0 spiro atoms. The molecular formula is C31H50N4O7. The van der Waals surface area contributed by atoms with Crippen LogP contribution in [0.1, 0.15) is 102 Å². The van der Waals surface area contributed by atoms with Crippen LogP contribution in [-0.4, -0.2) is 66.5 Å². The zero-order valence-corrected chi connectivity index (χ0v) is 26.3. The number of carbonyl (C=O) groups is 5. The predicted octanol–water partition coefficient (Wildman–Crippen LogP) is 3.98. The first-order valence-corrected chi connectivity index (χ1v) is 14.7. The fourth-order valence-corrected chi connectivity index (χ4v) is 4.36. The van der Waals surface area contributed by atoms with Crippen LogP contribution in [0, 0.1) is 13.8 Å². The molecule has 0 bridgehead atoms. The zero-order chi connectivity index (χ0) is 31.9. The second kappa shape index (κ2) is 18.0. The highest BCUT2D eigenvalue weighted by Gasteiger charge is 2.36. The van der Waals surface area contributed by atoms with Gasteiger partial charge in [-0.25, -0.2) is 4.79 Å². The summed E-state index contributed by atoms with van der Waals surface area (Å²) in [5, 5.41) is 5.17. The van der Waals surface area contributed by atoms with Crippen molar-refractivity contribution < 1.29 is 33.4 Å². The Kier molecular flexibility index (Phi) is 15.6. The number of unbranched alkanes of at least 4 members (excludes halogenated alkanes) is 5. The second-order valence-electron chi connectivity index (χ2n) is 11.5. The number of rotatable bonds is 17. The maximum Gasteiger partial charge on any atom is 0.408 e. The Hall–Kier alpha value is -3.63. The molecule has 0 aliphatic rings. The van der Waals surface area contributed by atoms with Crippen LogP contribution in [0.15, 0.2) is 18.2 Å². The summed E-state index contributed by atoms with van der Waals surface area (Å²) >= 11 is 0. The number of alkyl carbamates (subject to hydrolysis) is 1. The predicted molar refractivity (Wildman–Crippen MR) is 160 cm³/mol. The van der Waals surface area contributed by atoms with E-state index in [-0.39, 0.29) is 25.9 Å². The van der Waals surface area contributed by atoms with Gasteiger partial charge in [0, 0.05) is 13.0 Å². The van der Waals surface area contributed by atoms with Crippen molar-refractivity contribution in [1.29, 1.82) is 0 Å². The molecule has 0 aliphatic heterocycles. The summed E-state index contributed by atoms with van der Waals surface area (Å²) in [7, 11) is 1.22. The minimum absolute atomic E-state index is 0.0795. The number of nitrogens with two attached hydrogens (primary N) is 1. The summed E-state index contributed by atoms with van der Waals surface area (Å²) in [5.74, 6) is -2.41. The van der Waals surface area contributed by atoms with Crippen molar-refractivity contribution >= 4 is 29.8 Å². The van der Waals surface area contributed by atoms with Gasteiger partial charge in [0.15, 0.2) is 0 Å². The lowest BCUT2D eigenvalue weighted by molar-refractivity contribution is -0.145. The van der Waals surface area contributed by atoms with Crippen LogP contribution >= 0.6 is 0 Å². The molecule has 1 aromatic carbocycles. The standard InChI is InChI=1S/C31H50N4O7/c1-8-9-10-11-12-13-18-35(29(39)24(16-17-25(32)36)34-30(40)42-31(4,5)6)27(28(38)33-20-26(37)41-7)23-15-14-21(2)22(3)19-23/h14-15,19,24,27H,8-13,16-18,20H2,1-7H3,(H2,32,36)(H,33,38)(H,34,40). The molecule has 0 saturated carbocycles. The van der Waals surface area contributed by atoms with E-state index >= 15 is 0 Å². The van der Waals surface area contributed by atoms with Crippen LogP contribution in [0.4, 0.5) is 4.79 Å². The van der Waals surface area contributed by atoms with Gasteiger partial charge in [-0.05, 0) is 64.2 Å². The first-order valence-electron chi connectivity index (χ1n) is 14.7. The molecule has 2 unspecified atom stereocenters. The monoisotopic (exact) mass is 590 g/mol. The molecule has 4 N–H and O–H groups in total. The Morgan fingerprint density at radius 3 is 2.19 bits per heavy atom. The van der Waals surface area contributed by atoms with Gasteiger partial charge in [-0.1, -0.05) is 57.2 Å². The van der Waals surface area contributed by atoms with Crippen LogP contribution in [0.2, 0.25) is 0 Å². The number of aryl methyl sites for hydroxylation is 2. The lowest BCUT2D eigenvalue weighted by Crippen LogP contribution is -2.53. The highest BCUT2D eigenvalue weighted by Crippen LogP contribution is 2.26. The summed E-state index contributed by atoms with van der Waals surface area (Å²) in [5.41, 5.74) is 7.03. The Labute approximate surface area is 250 Å². The summed E-state index contributed by atoms with van der Waals surface area (Å²) in [6.45, 7) is 10.9. The quantitative estimate of drug-likeness (QED) is 0.183. The number of primary amides is 1. The van der Waals surface area contributed by atoms with Gasteiger partial charge >= 0.3 is 12.1 Å². The van der Waals surface area contributed by atoms with E-state index in [2.05, 4.69) is 22.3 Å². The molecule has 0 fully saturated rings. The fourth-order valence-electron chi connectivity index (χ4n) is 4.36. The van der Waals surface area contributed by atoms with E-state index in [0.717, 1.165) is 43.2 Å². The van der Waals surface area contributed by atoms with Crippen LogP contribution < -0.4 is 16.4 Å². The van der Waals surface area contributed by atoms with Crippen LogP contribution in [0.25, 0.3) is 0 Å². The third-order valence-electron chi connectivity index (χ3n) is 6.75. The number of nitrogens with zero attached hydrogens (tertiary/aromatic N) is 1. The van der Waals surface area contributed by atoms with Gasteiger partial charge in [-0.3, -0.25) is 19.2 Å². The molecular weight excluding hydrogens is 540 g/mol. The number of nitrogens with one attached hydrogen (secondary N) is 2. The Balaban J connectivity index is 3.53. The van der Waals surface area contributed by atoms with Crippen molar-refractivity contribution in [3.8, 4) is 0 Å². The van der Waals surface area contributed by atoms with Gasteiger partial charge in [0.25, 0.3) is 0 Å². The van der Waals surface area contributed by atoms with Crippen LogP contribution in [0.3, 0.4) is 0 Å². The summed E-state index contributed by atoms with van der Waals surface area (Å²) in [4.78, 5) is 65.5. The van der Waals surface area contributed by atoms with Crippen molar-refractivity contribution in [3.05, 3.63) is 34.9 Å². The molecule has 0 aromatic heterocycles. The van der Waals surface area contributed by atoms with E-state index in [1.807, 2.05) is 26.0 Å². The van der Waals surface area contributed by atoms with E-state index in [9.17, 15) is 24.0 Å². The first-order chi connectivity index (χ1) is 19.7. The van der Waals surface area contributed by atoms with Crippen molar-refractivity contribution in [3.63, 3.8) is 0 Å². The minimum atomic E-state index is -1.19. The van der Waals surface area contributed by atoms with Gasteiger partial charge in [0.05, 0.1) is 7.11 Å². The SMILES string of the molecule is CCCCCCCCN(C(=O)C(CCC(N)=O)NC(=O)OC(C)(C)C)C(C(=O)NCC(=O)OC)c1ccc(C)c(C)c1. The molecule has 236 valence electrons. The molecule has 0 aliphatic carbocycles. The molecule has 42 heavy (non-hydrogen) atoms. The number of methoxy groups -OCH3 is 1. The highest BCUT2D eigenvalue weighted by atomic mass is 16.6. The van der Waals surface area contributed by atoms with Crippen molar-refractivity contribution in [2.75, 3.05) is 20.2 Å². The maximum atomic E-state index is 14.2. The average molecular weight is 591 g/mol. The molecule has 4 amide bonds. The van der Waals surface area contributed by atoms with Gasteiger partial charge in [-0.2, -0.15) is 0 Å². The van der Waals surface area contributed by atoms with E-state index < -0.39 is 47.5 Å². The molecule has 0 radical (unpaired) electrons. The number of amides is 4. The van der Waals surface area contributed by atoms with E-state index in [0.29, 0.717) is 12.0 Å². The minimum Gasteiger partial charge on any atom is -0.468 e. The summed E-state index contributed by atoms with van der Waals surface area (Å²) in [6, 6.07) is 3.16. The lowest BCUT2D eigenvalue weighted by atomic mass is 9.97. The van der Waals surface area contributed by atoms with Crippen molar-refractivity contribution in [2.24, 2.45) is 5.73 Å². The largest absolute Gasteiger partial charge is 0.468 e. The highest BCUT2D eigenvalue weighted by molar-refractivity contribution is 5.93. The molecule has 2 atom stereocenters. The van der Waals surface area contributed by atoms with Crippen LogP contribution in [0.5, 0.6) is 0 Å². The van der Waals surface area contributed by atoms with Gasteiger partial charge in [0.1, 0.15) is 24.2 Å². The normalized spacial score (nSPS) is 12.5. The number of benzene rings is 1. The third-order valence-corrected chi connectivity index (χ3v) is 6.75. The molecule has 11 nitrogen and oxygen atoms in total. The second-order valence-corrected chi connectivity index (χ2v) is 11.5. The Morgan fingerprint density at radius 2 is 1.62 bits per heavy atom. The Bertz CT molecular complexity index is 1070. The topological polar surface area (TPSA) is 157 Å². The number of hydrogen-bond donors (Lipinski definition) is 3.